The Kier molecular flexibility index (Phi) is 7.88. The van der Waals surface area contributed by atoms with Gasteiger partial charge in [-0.15, -0.1) is 0 Å². The summed E-state index contributed by atoms with van der Waals surface area (Å²) in [5.74, 6) is -0.718. The van der Waals surface area contributed by atoms with Gasteiger partial charge in [0.15, 0.2) is 0 Å². The van der Waals surface area contributed by atoms with Crippen LogP contribution in [0.5, 0.6) is 0 Å². The molecule has 12 heteroatoms. The molecule has 200 valence electrons. The van der Waals surface area contributed by atoms with E-state index in [1.165, 1.54) is 18.5 Å². The lowest BCUT2D eigenvalue weighted by molar-refractivity contribution is -0.137. The van der Waals surface area contributed by atoms with Crippen molar-refractivity contribution < 1.29 is 30.5 Å². The van der Waals surface area contributed by atoms with Gasteiger partial charge < -0.3 is 5.32 Å². The van der Waals surface area contributed by atoms with Gasteiger partial charge in [-0.05, 0) is 49.4 Å². The van der Waals surface area contributed by atoms with Gasteiger partial charge in [0.2, 0.25) is 0 Å². The van der Waals surface area contributed by atoms with E-state index in [1.807, 2.05) is 30.3 Å². The lowest BCUT2D eigenvalue weighted by Gasteiger charge is -2.14. The lowest BCUT2D eigenvalue weighted by atomic mass is 10.0. The van der Waals surface area contributed by atoms with Crippen molar-refractivity contribution in [3.05, 3.63) is 108 Å². The van der Waals surface area contributed by atoms with Gasteiger partial charge in [0.05, 0.1) is 27.4 Å². The van der Waals surface area contributed by atoms with Crippen LogP contribution in [0.1, 0.15) is 11.1 Å². The van der Waals surface area contributed by atoms with E-state index in [2.05, 4.69) is 20.3 Å². The average molecular weight is 557 g/mol. The Hall–Kier alpha value is -4.42. The van der Waals surface area contributed by atoms with Crippen LogP contribution in [0.25, 0.3) is 22.2 Å². The molecule has 2 heterocycles. The number of nitrogens with one attached hydrogen (secondary N) is 1. The first-order valence-corrected chi connectivity index (χ1v) is 12.7. The standard InChI is InChI=1S/C21H14F4N4.C6H6O3S/c1-12-19(14-5-4-13-3-2-8-26-18(13)9-14)27-11-28-20(12)29-17-7-6-15(10-16(17)22)21(23,24)25;7-10(8,9)6-4-2-1-3-5-6/h2-11H,1H3,(H,27,28,29);1-5H,(H,7,8,9). The van der Waals surface area contributed by atoms with Gasteiger partial charge in [-0.25, -0.2) is 14.4 Å². The number of nitrogens with zero attached hydrogens (tertiary/aromatic N) is 3. The number of rotatable bonds is 4. The molecule has 0 saturated heterocycles. The van der Waals surface area contributed by atoms with Crippen molar-refractivity contribution in [2.75, 3.05) is 5.32 Å². The fourth-order valence-electron chi connectivity index (χ4n) is 3.59. The molecule has 0 spiro atoms. The highest BCUT2D eigenvalue weighted by molar-refractivity contribution is 7.85. The van der Waals surface area contributed by atoms with E-state index in [1.54, 1.807) is 31.3 Å². The van der Waals surface area contributed by atoms with Crippen molar-refractivity contribution >= 4 is 32.5 Å². The number of anilines is 2. The number of hydrogen-bond acceptors (Lipinski definition) is 6. The second kappa shape index (κ2) is 11.1. The first-order chi connectivity index (χ1) is 18.4. The van der Waals surface area contributed by atoms with E-state index in [-0.39, 0.29) is 10.6 Å². The third-order valence-corrected chi connectivity index (χ3v) is 6.42. The first-order valence-electron chi connectivity index (χ1n) is 11.3. The summed E-state index contributed by atoms with van der Waals surface area (Å²) in [4.78, 5) is 12.7. The molecular formula is C27H20F4N4O3S. The number of aromatic nitrogens is 3. The van der Waals surface area contributed by atoms with Crippen LogP contribution in [0.2, 0.25) is 0 Å². The highest BCUT2D eigenvalue weighted by Gasteiger charge is 2.31. The molecule has 2 aromatic heterocycles. The van der Waals surface area contributed by atoms with Gasteiger partial charge in [0.1, 0.15) is 18.0 Å². The normalized spacial score (nSPS) is 11.5. The molecular weight excluding hydrogens is 536 g/mol. The molecule has 0 unspecified atom stereocenters. The minimum absolute atomic E-state index is 0.0741. The molecule has 0 aliphatic carbocycles. The van der Waals surface area contributed by atoms with E-state index < -0.39 is 27.7 Å². The SMILES string of the molecule is Cc1c(Nc2ccc(C(F)(F)F)cc2F)ncnc1-c1ccc2cccnc2c1.O=S(=O)(O)c1ccccc1. The third-order valence-electron chi connectivity index (χ3n) is 5.55. The Balaban J connectivity index is 0.000000298. The number of hydrogen-bond donors (Lipinski definition) is 2. The van der Waals surface area contributed by atoms with Crippen LogP contribution in [0, 0.1) is 12.7 Å². The van der Waals surface area contributed by atoms with E-state index in [0.717, 1.165) is 28.6 Å². The molecule has 0 radical (unpaired) electrons. The highest BCUT2D eigenvalue weighted by Crippen LogP contribution is 2.33. The molecule has 0 atom stereocenters. The number of pyridine rings is 1. The third kappa shape index (κ3) is 6.72. The van der Waals surface area contributed by atoms with Crippen molar-refractivity contribution in [1.82, 2.24) is 15.0 Å². The molecule has 0 fully saturated rings. The van der Waals surface area contributed by atoms with Crippen molar-refractivity contribution in [3.63, 3.8) is 0 Å². The van der Waals surface area contributed by atoms with Gasteiger partial charge in [-0.1, -0.05) is 36.4 Å². The Morgan fingerprint density at radius 1 is 0.872 bits per heavy atom. The lowest BCUT2D eigenvalue weighted by Crippen LogP contribution is -2.07. The molecule has 0 aliphatic rings. The van der Waals surface area contributed by atoms with Crippen LogP contribution >= 0.6 is 0 Å². The number of benzene rings is 3. The second-order valence-corrected chi connectivity index (χ2v) is 9.63. The second-order valence-electron chi connectivity index (χ2n) is 8.21. The fourth-order valence-corrected chi connectivity index (χ4v) is 4.09. The summed E-state index contributed by atoms with van der Waals surface area (Å²) >= 11 is 0. The Bertz CT molecular complexity index is 1730. The molecule has 5 rings (SSSR count). The minimum Gasteiger partial charge on any atom is -0.338 e. The van der Waals surface area contributed by atoms with Crippen LogP contribution in [0.15, 0.2) is 96.3 Å². The summed E-state index contributed by atoms with van der Waals surface area (Å²) in [5.41, 5.74) is 1.68. The van der Waals surface area contributed by atoms with Crippen LogP contribution in [-0.4, -0.2) is 27.9 Å². The topological polar surface area (TPSA) is 105 Å². The van der Waals surface area contributed by atoms with Gasteiger partial charge >= 0.3 is 6.18 Å². The van der Waals surface area contributed by atoms with E-state index >= 15 is 0 Å². The van der Waals surface area contributed by atoms with E-state index in [4.69, 9.17) is 4.55 Å². The monoisotopic (exact) mass is 556 g/mol. The van der Waals surface area contributed by atoms with Crippen LogP contribution in [-0.2, 0) is 16.3 Å². The Labute approximate surface area is 221 Å². The quantitative estimate of drug-likeness (QED) is 0.185. The fraction of sp³-hybridized carbons (Fsp3) is 0.0741. The summed E-state index contributed by atoms with van der Waals surface area (Å²) in [6, 6.07) is 19.2. The summed E-state index contributed by atoms with van der Waals surface area (Å²) in [5, 5.41) is 3.74. The number of alkyl halides is 3. The molecule has 7 nitrogen and oxygen atoms in total. The summed E-state index contributed by atoms with van der Waals surface area (Å²) in [6.45, 7) is 1.75. The maximum absolute atomic E-state index is 14.2. The maximum Gasteiger partial charge on any atom is 0.416 e. The minimum atomic E-state index is -4.61. The Morgan fingerprint density at radius 3 is 2.26 bits per heavy atom. The largest absolute Gasteiger partial charge is 0.416 e. The molecule has 0 saturated carbocycles. The molecule has 2 N–H and O–H groups in total. The van der Waals surface area contributed by atoms with Gasteiger partial charge in [0.25, 0.3) is 10.1 Å². The average Bonchev–Trinajstić information content (AvgIpc) is 2.90. The molecule has 0 aliphatic heterocycles. The summed E-state index contributed by atoms with van der Waals surface area (Å²) < 4.78 is 81.6. The van der Waals surface area contributed by atoms with Crippen molar-refractivity contribution in [3.8, 4) is 11.3 Å². The predicted octanol–water partition coefficient (Wildman–Crippen LogP) is 6.84. The molecule has 5 aromatic rings. The predicted molar refractivity (Wildman–Crippen MR) is 138 cm³/mol. The number of fused-ring (bicyclic) bond motifs is 1. The van der Waals surface area contributed by atoms with Gasteiger partial charge in [0, 0.05) is 22.7 Å². The maximum atomic E-state index is 14.2. The summed E-state index contributed by atoms with van der Waals surface area (Å²) in [6.07, 6.45) is -1.60. The Morgan fingerprint density at radius 2 is 1.62 bits per heavy atom. The van der Waals surface area contributed by atoms with Crippen LogP contribution in [0.4, 0.5) is 29.1 Å². The van der Waals surface area contributed by atoms with E-state index in [9.17, 15) is 26.0 Å². The number of halogens is 4. The molecule has 39 heavy (non-hydrogen) atoms. The van der Waals surface area contributed by atoms with Gasteiger partial charge in [-0.2, -0.15) is 21.6 Å². The molecule has 0 bridgehead atoms. The highest BCUT2D eigenvalue weighted by atomic mass is 32.2. The zero-order chi connectivity index (χ0) is 28.2. The van der Waals surface area contributed by atoms with Crippen molar-refractivity contribution in [1.29, 1.82) is 0 Å². The molecule has 0 amide bonds. The van der Waals surface area contributed by atoms with E-state index in [0.29, 0.717) is 23.1 Å². The zero-order valence-corrected chi connectivity index (χ0v) is 21.0. The van der Waals surface area contributed by atoms with Crippen molar-refractivity contribution in [2.24, 2.45) is 0 Å². The smallest absolute Gasteiger partial charge is 0.338 e. The van der Waals surface area contributed by atoms with Gasteiger partial charge in [-0.3, -0.25) is 9.54 Å². The van der Waals surface area contributed by atoms with Crippen LogP contribution in [0.3, 0.4) is 0 Å². The van der Waals surface area contributed by atoms with Crippen LogP contribution < -0.4 is 5.32 Å². The first kappa shape index (κ1) is 27.6. The van der Waals surface area contributed by atoms with Crippen molar-refractivity contribution in [2.45, 2.75) is 18.0 Å². The molecule has 3 aromatic carbocycles. The zero-order valence-electron chi connectivity index (χ0n) is 20.2. The summed E-state index contributed by atoms with van der Waals surface area (Å²) in [7, 11) is -4.00.